The Morgan fingerprint density at radius 2 is 2.13 bits per heavy atom. The minimum absolute atomic E-state index is 0.169. The summed E-state index contributed by atoms with van der Waals surface area (Å²) in [7, 11) is 0. The Labute approximate surface area is 135 Å². The van der Waals surface area contributed by atoms with Gasteiger partial charge in [-0.25, -0.2) is 0 Å². The first-order valence-corrected chi connectivity index (χ1v) is 8.21. The number of rotatable bonds is 5. The van der Waals surface area contributed by atoms with Crippen LogP contribution in [-0.4, -0.2) is 16.8 Å². The first kappa shape index (κ1) is 14.3. The molecular formula is C18H20N2O3. The van der Waals surface area contributed by atoms with Gasteiger partial charge in [0.25, 0.3) is 5.69 Å². The lowest BCUT2D eigenvalue weighted by Crippen LogP contribution is -2.42. The van der Waals surface area contributed by atoms with Crippen LogP contribution in [-0.2, 0) is 6.54 Å². The van der Waals surface area contributed by atoms with Crippen molar-refractivity contribution in [3.63, 3.8) is 0 Å². The number of aromatic nitrogens is 1. The molecule has 2 atom stereocenters. The Balaban J connectivity index is 1.53. The van der Waals surface area contributed by atoms with Gasteiger partial charge in [-0.2, -0.15) is 4.73 Å². The molecule has 4 rings (SSSR count). The van der Waals surface area contributed by atoms with Gasteiger partial charge in [-0.1, -0.05) is 6.92 Å². The van der Waals surface area contributed by atoms with E-state index in [2.05, 4.69) is 6.92 Å². The molecule has 0 saturated heterocycles. The van der Waals surface area contributed by atoms with E-state index in [1.165, 1.54) is 12.6 Å². The van der Waals surface area contributed by atoms with Crippen LogP contribution in [0.1, 0.15) is 54.1 Å². The van der Waals surface area contributed by atoms with Crippen molar-refractivity contribution in [3.05, 3.63) is 59.0 Å². The SMILES string of the molecule is C[C@H]1C[C@H]1c1ccc(CN(C(=O)c2cccc[n+]2[O-])C2CC2)o1. The minimum atomic E-state index is -0.221. The van der Waals surface area contributed by atoms with Crippen LogP contribution in [0.2, 0.25) is 0 Å². The monoisotopic (exact) mass is 312 g/mol. The summed E-state index contributed by atoms with van der Waals surface area (Å²) in [4.78, 5) is 14.5. The molecule has 2 saturated carbocycles. The molecular weight excluding hydrogens is 292 g/mol. The lowest BCUT2D eigenvalue weighted by atomic mass is 10.2. The number of carbonyl (C=O) groups excluding carboxylic acids is 1. The lowest BCUT2D eigenvalue weighted by Gasteiger charge is -2.20. The maximum absolute atomic E-state index is 12.7. The van der Waals surface area contributed by atoms with Crippen LogP contribution in [0, 0.1) is 11.1 Å². The Hall–Kier alpha value is -2.30. The van der Waals surface area contributed by atoms with Crippen LogP contribution < -0.4 is 4.73 Å². The number of carbonyl (C=O) groups is 1. The van der Waals surface area contributed by atoms with Crippen molar-refractivity contribution < 1.29 is 13.9 Å². The van der Waals surface area contributed by atoms with Gasteiger partial charge in [-0.3, -0.25) is 4.79 Å². The van der Waals surface area contributed by atoms with Gasteiger partial charge in [0.2, 0.25) is 0 Å². The summed E-state index contributed by atoms with van der Waals surface area (Å²) in [5.41, 5.74) is 0.169. The zero-order chi connectivity index (χ0) is 16.0. The maximum atomic E-state index is 12.7. The number of amides is 1. The Morgan fingerprint density at radius 3 is 2.78 bits per heavy atom. The highest BCUT2D eigenvalue weighted by atomic mass is 16.5. The lowest BCUT2D eigenvalue weighted by molar-refractivity contribution is -0.608. The molecule has 5 nitrogen and oxygen atoms in total. The van der Waals surface area contributed by atoms with E-state index in [1.54, 1.807) is 23.1 Å². The third-order valence-electron chi connectivity index (χ3n) is 4.78. The normalized spacial score (nSPS) is 22.8. The van der Waals surface area contributed by atoms with E-state index in [0.717, 1.165) is 24.4 Å². The fraction of sp³-hybridized carbons (Fsp3) is 0.444. The highest BCUT2D eigenvalue weighted by Crippen LogP contribution is 2.47. The van der Waals surface area contributed by atoms with Crippen LogP contribution >= 0.6 is 0 Å². The molecule has 0 radical (unpaired) electrons. The molecule has 2 aliphatic carbocycles. The predicted octanol–water partition coefficient (Wildman–Crippen LogP) is 2.84. The van der Waals surface area contributed by atoms with Crippen molar-refractivity contribution in [3.8, 4) is 0 Å². The second-order valence-electron chi connectivity index (χ2n) is 6.70. The summed E-state index contributed by atoms with van der Waals surface area (Å²) in [6, 6.07) is 9.11. The molecule has 5 heteroatoms. The van der Waals surface area contributed by atoms with Gasteiger partial charge < -0.3 is 14.5 Å². The smallest absolute Gasteiger partial charge is 0.320 e. The average Bonchev–Trinajstić information content (AvgIpc) is 3.46. The number of nitrogens with zero attached hydrogens (tertiary/aromatic N) is 2. The number of furan rings is 1. The van der Waals surface area contributed by atoms with Crippen molar-refractivity contribution in [1.82, 2.24) is 4.90 Å². The van der Waals surface area contributed by atoms with Gasteiger partial charge in [-0.15, -0.1) is 0 Å². The second-order valence-corrected chi connectivity index (χ2v) is 6.70. The van der Waals surface area contributed by atoms with E-state index in [0.29, 0.717) is 23.1 Å². The minimum Gasteiger partial charge on any atom is -0.618 e. The van der Waals surface area contributed by atoms with E-state index >= 15 is 0 Å². The molecule has 2 aromatic heterocycles. The Morgan fingerprint density at radius 1 is 1.35 bits per heavy atom. The van der Waals surface area contributed by atoms with Crippen LogP contribution in [0.25, 0.3) is 0 Å². The summed E-state index contributed by atoms with van der Waals surface area (Å²) in [6.45, 7) is 2.65. The van der Waals surface area contributed by atoms with Crippen LogP contribution in [0.15, 0.2) is 40.9 Å². The van der Waals surface area contributed by atoms with Gasteiger partial charge in [0.15, 0.2) is 6.20 Å². The van der Waals surface area contributed by atoms with Crippen molar-refractivity contribution in [2.24, 2.45) is 5.92 Å². The molecule has 1 amide bonds. The van der Waals surface area contributed by atoms with E-state index in [9.17, 15) is 10.0 Å². The third kappa shape index (κ3) is 2.83. The van der Waals surface area contributed by atoms with Crippen LogP contribution in [0.3, 0.4) is 0 Å². The van der Waals surface area contributed by atoms with E-state index in [-0.39, 0.29) is 17.6 Å². The largest absolute Gasteiger partial charge is 0.618 e. The summed E-state index contributed by atoms with van der Waals surface area (Å²) in [5.74, 6) is 2.83. The molecule has 2 aliphatic rings. The third-order valence-corrected chi connectivity index (χ3v) is 4.78. The molecule has 120 valence electrons. The molecule has 0 aromatic carbocycles. The first-order valence-electron chi connectivity index (χ1n) is 8.21. The molecule has 2 aromatic rings. The fourth-order valence-corrected chi connectivity index (χ4v) is 3.06. The van der Waals surface area contributed by atoms with E-state index in [4.69, 9.17) is 4.42 Å². The average molecular weight is 312 g/mol. The van der Waals surface area contributed by atoms with E-state index < -0.39 is 0 Å². The number of hydrogen-bond acceptors (Lipinski definition) is 3. The van der Waals surface area contributed by atoms with Gasteiger partial charge in [0, 0.05) is 24.1 Å². The van der Waals surface area contributed by atoms with Gasteiger partial charge in [0.05, 0.1) is 6.54 Å². The van der Waals surface area contributed by atoms with Crippen molar-refractivity contribution in [2.75, 3.05) is 0 Å². The molecule has 0 unspecified atom stereocenters. The molecule has 23 heavy (non-hydrogen) atoms. The molecule has 0 aliphatic heterocycles. The van der Waals surface area contributed by atoms with E-state index in [1.807, 2.05) is 12.1 Å². The molecule has 0 N–H and O–H groups in total. The Bertz CT molecular complexity index is 735. The molecule has 2 fully saturated rings. The van der Waals surface area contributed by atoms with Gasteiger partial charge >= 0.3 is 5.91 Å². The molecule has 0 spiro atoms. The zero-order valence-corrected chi connectivity index (χ0v) is 13.1. The fourth-order valence-electron chi connectivity index (χ4n) is 3.06. The summed E-state index contributed by atoms with van der Waals surface area (Å²) in [5, 5.41) is 11.8. The standard InChI is InChI=1S/C18H20N2O3/c1-12-10-15(12)17-8-7-14(23-17)11-19(13-5-6-13)18(21)16-4-2-3-9-20(16)22/h2-4,7-9,12-13,15H,5-6,10-11H2,1H3/t12-,15+/m0/s1. The molecule has 0 bridgehead atoms. The van der Waals surface area contributed by atoms with Crippen LogP contribution in [0.4, 0.5) is 0 Å². The van der Waals surface area contributed by atoms with Gasteiger partial charge in [0.1, 0.15) is 11.5 Å². The zero-order valence-electron chi connectivity index (χ0n) is 13.1. The van der Waals surface area contributed by atoms with Crippen LogP contribution in [0.5, 0.6) is 0 Å². The van der Waals surface area contributed by atoms with Crippen molar-refractivity contribution in [1.29, 1.82) is 0 Å². The summed E-state index contributed by atoms with van der Waals surface area (Å²) < 4.78 is 6.56. The number of hydrogen-bond donors (Lipinski definition) is 0. The number of pyridine rings is 1. The summed E-state index contributed by atoms with van der Waals surface area (Å²) >= 11 is 0. The van der Waals surface area contributed by atoms with Crippen molar-refractivity contribution in [2.45, 2.75) is 44.7 Å². The highest BCUT2D eigenvalue weighted by molar-refractivity contribution is 5.91. The second kappa shape index (κ2) is 5.41. The quantitative estimate of drug-likeness (QED) is 0.630. The van der Waals surface area contributed by atoms with Crippen molar-refractivity contribution >= 4 is 5.91 Å². The predicted molar refractivity (Wildman–Crippen MR) is 83.5 cm³/mol. The highest BCUT2D eigenvalue weighted by Gasteiger charge is 2.38. The van der Waals surface area contributed by atoms with Gasteiger partial charge in [-0.05, 0) is 43.4 Å². The maximum Gasteiger partial charge on any atom is 0.320 e. The first-order chi connectivity index (χ1) is 11.1. The topological polar surface area (TPSA) is 60.4 Å². The summed E-state index contributed by atoms with van der Waals surface area (Å²) in [6.07, 6.45) is 4.52. The Kier molecular flexibility index (Phi) is 3.36. The molecule has 2 heterocycles.